The summed E-state index contributed by atoms with van der Waals surface area (Å²) in [6, 6.07) is -1.42. The number of Topliss-reactive ketones (excluding diaryl/α,β-unsaturated/α-hetero) is 1. The lowest BCUT2D eigenvalue weighted by molar-refractivity contribution is -0.138. The van der Waals surface area contributed by atoms with Crippen molar-refractivity contribution in [3.05, 3.63) is 35.7 Å². The molecule has 2 aliphatic heterocycles. The van der Waals surface area contributed by atoms with Crippen LogP contribution in [0.1, 0.15) is 48.0 Å². The fraction of sp³-hybridized carbons (Fsp3) is 0.542. The molecular formula is C24H37N5O5. The Labute approximate surface area is 201 Å². The van der Waals surface area contributed by atoms with E-state index < -0.39 is 29.8 Å². The van der Waals surface area contributed by atoms with Crippen LogP contribution in [0, 0.1) is 11.8 Å². The molecule has 0 radical (unpaired) electrons. The molecule has 0 spiro atoms. The number of hydrogen-bond donors (Lipinski definition) is 4. The van der Waals surface area contributed by atoms with Crippen LogP contribution >= 0.6 is 0 Å². The molecule has 0 aromatic carbocycles. The number of likely N-dealkylation sites (tertiary alicyclic amines) is 1. The molecule has 188 valence electrons. The van der Waals surface area contributed by atoms with Crippen molar-refractivity contribution in [2.24, 2.45) is 17.6 Å². The molecule has 34 heavy (non-hydrogen) atoms. The van der Waals surface area contributed by atoms with E-state index in [1.165, 1.54) is 24.0 Å². The first-order chi connectivity index (χ1) is 15.7. The highest BCUT2D eigenvalue weighted by Gasteiger charge is 2.39. The lowest BCUT2D eigenvalue weighted by Crippen LogP contribution is -2.48. The van der Waals surface area contributed by atoms with Crippen LogP contribution in [0.2, 0.25) is 0 Å². The molecule has 5 N–H and O–H groups in total. The van der Waals surface area contributed by atoms with Gasteiger partial charge < -0.3 is 26.6 Å². The molecule has 0 aromatic rings. The van der Waals surface area contributed by atoms with Crippen molar-refractivity contribution >= 4 is 29.4 Å². The number of primary amides is 1. The van der Waals surface area contributed by atoms with Gasteiger partial charge in [-0.15, -0.1) is 0 Å². The highest BCUT2D eigenvalue weighted by atomic mass is 16.2. The topological polar surface area (TPSA) is 151 Å². The van der Waals surface area contributed by atoms with Crippen molar-refractivity contribution in [3.8, 4) is 0 Å². The van der Waals surface area contributed by atoms with Gasteiger partial charge in [0.2, 0.25) is 17.7 Å². The van der Waals surface area contributed by atoms with Gasteiger partial charge in [-0.3, -0.25) is 24.0 Å². The maximum absolute atomic E-state index is 12.6. The summed E-state index contributed by atoms with van der Waals surface area (Å²) >= 11 is 0. The van der Waals surface area contributed by atoms with Crippen LogP contribution in [-0.4, -0.2) is 59.5 Å². The number of dihydropyridines is 1. The maximum atomic E-state index is 12.6. The van der Waals surface area contributed by atoms with Crippen molar-refractivity contribution in [1.82, 2.24) is 20.9 Å². The minimum Gasteiger partial charge on any atom is -0.368 e. The second-order valence-electron chi connectivity index (χ2n) is 9.35. The second-order valence-corrected chi connectivity index (χ2v) is 9.35. The fourth-order valence-electron chi connectivity index (χ4n) is 3.16. The van der Waals surface area contributed by atoms with E-state index in [1.54, 1.807) is 13.8 Å². The Morgan fingerprint density at radius 1 is 1.12 bits per heavy atom. The van der Waals surface area contributed by atoms with Crippen molar-refractivity contribution in [2.75, 3.05) is 13.1 Å². The van der Waals surface area contributed by atoms with Gasteiger partial charge >= 0.3 is 0 Å². The lowest BCUT2D eigenvalue weighted by atomic mass is 10.1. The van der Waals surface area contributed by atoms with Crippen molar-refractivity contribution < 1.29 is 24.0 Å². The van der Waals surface area contributed by atoms with E-state index in [2.05, 4.69) is 43.3 Å². The Balaban J connectivity index is 0.00000133. The summed E-state index contributed by atoms with van der Waals surface area (Å²) in [6.07, 6.45) is 3.17. The first kappa shape index (κ1) is 28.6. The zero-order chi connectivity index (χ0) is 26.2. The van der Waals surface area contributed by atoms with Crippen LogP contribution in [0.3, 0.4) is 0 Å². The van der Waals surface area contributed by atoms with Gasteiger partial charge in [0.05, 0.1) is 12.2 Å². The highest BCUT2D eigenvalue weighted by Crippen LogP contribution is 2.19. The summed E-state index contributed by atoms with van der Waals surface area (Å²) < 4.78 is 0. The first-order valence-electron chi connectivity index (χ1n) is 11.3. The lowest BCUT2D eigenvalue weighted by Gasteiger charge is -2.22. The third-order valence-electron chi connectivity index (χ3n) is 4.78. The van der Waals surface area contributed by atoms with Crippen LogP contribution in [0.15, 0.2) is 35.7 Å². The van der Waals surface area contributed by atoms with Gasteiger partial charge in [-0.1, -0.05) is 41.2 Å². The second kappa shape index (κ2) is 12.7. The average molecular weight is 476 g/mol. The molecule has 0 aliphatic carbocycles. The summed E-state index contributed by atoms with van der Waals surface area (Å²) in [7, 11) is 0. The zero-order valence-corrected chi connectivity index (χ0v) is 20.9. The number of nitrogens with two attached hydrogens (primary N) is 1. The monoisotopic (exact) mass is 475 g/mol. The van der Waals surface area contributed by atoms with E-state index in [4.69, 9.17) is 5.73 Å². The summed E-state index contributed by atoms with van der Waals surface area (Å²) in [5.41, 5.74) is 6.29. The molecule has 1 fully saturated rings. The molecule has 2 atom stereocenters. The molecular weight excluding hydrogens is 438 g/mol. The molecule has 2 aliphatic rings. The van der Waals surface area contributed by atoms with Gasteiger partial charge in [-0.05, 0) is 30.1 Å². The molecule has 10 heteroatoms. The maximum Gasteiger partial charge on any atom is 0.268 e. The van der Waals surface area contributed by atoms with E-state index in [0.717, 1.165) is 5.92 Å². The summed E-state index contributed by atoms with van der Waals surface area (Å²) in [5, 5.41) is 8.00. The summed E-state index contributed by atoms with van der Waals surface area (Å²) in [6.45, 7) is 14.8. The zero-order valence-electron chi connectivity index (χ0n) is 20.9. The Kier molecular flexibility index (Phi) is 10.7. The number of rotatable bonds is 7. The number of nitrogens with zero attached hydrogens (tertiary/aromatic N) is 1. The van der Waals surface area contributed by atoms with Gasteiger partial charge in [0, 0.05) is 25.4 Å². The van der Waals surface area contributed by atoms with Crippen LogP contribution in [-0.2, 0) is 24.0 Å². The number of nitrogens with one attached hydrogen (secondary N) is 3. The quantitative estimate of drug-likeness (QED) is 0.421. The van der Waals surface area contributed by atoms with E-state index in [9.17, 15) is 24.0 Å². The van der Waals surface area contributed by atoms with Crippen LogP contribution in [0.25, 0.3) is 0 Å². The number of ketones is 1. The van der Waals surface area contributed by atoms with Crippen LogP contribution < -0.4 is 21.7 Å². The first-order valence-corrected chi connectivity index (χ1v) is 11.3. The minimum absolute atomic E-state index is 0.0688. The third-order valence-corrected chi connectivity index (χ3v) is 4.78. The third kappa shape index (κ3) is 8.84. The van der Waals surface area contributed by atoms with E-state index in [0.29, 0.717) is 5.57 Å². The summed E-state index contributed by atoms with van der Waals surface area (Å²) in [5.74, 6) is -1.64. The van der Waals surface area contributed by atoms with Crippen molar-refractivity contribution in [2.45, 2.75) is 60.0 Å². The van der Waals surface area contributed by atoms with Gasteiger partial charge in [0.25, 0.3) is 5.91 Å². The average Bonchev–Trinajstić information content (AvgIpc) is 3.14. The molecule has 1 saturated heterocycles. The predicted molar refractivity (Wildman–Crippen MR) is 129 cm³/mol. The molecule has 2 unspecified atom stereocenters. The van der Waals surface area contributed by atoms with E-state index >= 15 is 0 Å². The molecule has 2 rings (SSSR count). The molecule has 10 nitrogen and oxygen atoms in total. The molecule has 2 heterocycles. The minimum atomic E-state index is -0.894. The Morgan fingerprint density at radius 3 is 2.18 bits per heavy atom. The largest absolute Gasteiger partial charge is 0.368 e. The SMILES string of the molecule is C=C1C=C(C(C)=O)NC(C(=O)NC2CC(C(N)=O)N(C(=O)CNC(=O)C(C)C)C2)=C1.CC(C)C. The molecule has 0 bridgehead atoms. The standard InChI is InChI=1S/C20H27N5O5.C4H10/c1-10(2)19(29)22-8-17(27)25-9-13(7-16(25)18(21)28)23-20(30)15-6-11(3)5-14(24-15)12(4)26;1-4(2)3/h5-6,10,13,16,24H,3,7-9H2,1-2,4H3,(H2,21,28)(H,22,29)(H,23,30);4H,1-3H3. The van der Waals surface area contributed by atoms with Crippen molar-refractivity contribution in [3.63, 3.8) is 0 Å². The van der Waals surface area contributed by atoms with Gasteiger partial charge in [0.15, 0.2) is 5.78 Å². The molecule has 0 saturated carbocycles. The van der Waals surface area contributed by atoms with Gasteiger partial charge in [-0.25, -0.2) is 0 Å². The fourth-order valence-corrected chi connectivity index (χ4v) is 3.16. The Morgan fingerprint density at radius 2 is 1.68 bits per heavy atom. The Bertz CT molecular complexity index is 901. The number of hydrogen-bond acceptors (Lipinski definition) is 6. The summed E-state index contributed by atoms with van der Waals surface area (Å²) in [4.78, 5) is 61.4. The predicted octanol–water partition coefficient (Wildman–Crippen LogP) is 0.508. The Hall–Kier alpha value is -3.43. The molecule has 4 amide bonds. The smallest absolute Gasteiger partial charge is 0.268 e. The van der Waals surface area contributed by atoms with E-state index in [1.807, 2.05) is 0 Å². The normalized spacial score (nSPS) is 19.4. The molecule has 0 aromatic heterocycles. The number of carbonyl (C=O) groups is 5. The van der Waals surface area contributed by atoms with Gasteiger partial charge in [-0.2, -0.15) is 0 Å². The van der Waals surface area contributed by atoms with Crippen molar-refractivity contribution in [1.29, 1.82) is 0 Å². The number of carbonyl (C=O) groups excluding carboxylic acids is 5. The van der Waals surface area contributed by atoms with Crippen LogP contribution in [0.5, 0.6) is 0 Å². The van der Waals surface area contributed by atoms with Crippen LogP contribution in [0.4, 0.5) is 0 Å². The number of amides is 4. The van der Waals surface area contributed by atoms with Gasteiger partial charge in [0.1, 0.15) is 11.7 Å². The number of allylic oxidation sites excluding steroid dienone is 4. The highest BCUT2D eigenvalue weighted by molar-refractivity contribution is 6.00. The van der Waals surface area contributed by atoms with E-state index in [-0.39, 0.29) is 48.5 Å².